The maximum absolute atomic E-state index is 12.9. The number of carbonyl (C=O) groups excluding carboxylic acids is 1. The van der Waals surface area contributed by atoms with Crippen molar-refractivity contribution in [1.82, 2.24) is 15.1 Å². The average molecular weight is 539 g/mol. The smallest absolute Gasteiger partial charge is 0.262 e. The van der Waals surface area contributed by atoms with Gasteiger partial charge in [-0.25, -0.2) is 13.1 Å². The molecular weight excluding hydrogens is 512 g/mol. The molecule has 1 aromatic heterocycles. The number of rotatable bonds is 8. The number of nitriles is 1. The summed E-state index contributed by atoms with van der Waals surface area (Å²) < 4.78 is 31.3. The van der Waals surface area contributed by atoms with Gasteiger partial charge in [-0.3, -0.25) is 4.79 Å². The normalized spacial score (nSPS) is 16.4. The maximum atomic E-state index is 12.9. The number of para-hydroxylation sites is 1. The second kappa shape index (κ2) is 11.4. The molecule has 39 heavy (non-hydrogen) atoms. The molecule has 4 aromatic rings. The zero-order chi connectivity index (χ0) is 27.2. The topological polar surface area (TPSA) is 114 Å². The van der Waals surface area contributed by atoms with Gasteiger partial charge in [-0.1, -0.05) is 60.7 Å². The minimum atomic E-state index is -3.17. The van der Waals surface area contributed by atoms with Crippen molar-refractivity contribution in [2.45, 2.75) is 19.1 Å². The molecular formula is C30H26N4O4S. The number of hydrogen-bond donors (Lipinski definition) is 1. The highest BCUT2D eigenvalue weighted by Crippen LogP contribution is 2.29. The molecule has 196 valence electrons. The van der Waals surface area contributed by atoms with E-state index in [1.54, 1.807) is 10.9 Å². The number of nitrogens with one attached hydrogen (secondary N) is 1. The Kier molecular flexibility index (Phi) is 7.57. The minimum absolute atomic E-state index is 0.0280. The molecule has 3 aromatic carbocycles. The van der Waals surface area contributed by atoms with E-state index in [4.69, 9.17) is 9.84 Å². The van der Waals surface area contributed by atoms with Crippen molar-refractivity contribution < 1.29 is 17.9 Å². The van der Waals surface area contributed by atoms with Crippen LogP contribution in [0.1, 0.15) is 17.5 Å². The van der Waals surface area contributed by atoms with Crippen LogP contribution in [-0.2, 0) is 21.2 Å². The molecule has 5 rings (SSSR count). The Bertz CT molecular complexity index is 1660. The van der Waals surface area contributed by atoms with Crippen molar-refractivity contribution in [2.75, 3.05) is 11.5 Å². The molecule has 1 amide bonds. The summed E-state index contributed by atoms with van der Waals surface area (Å²) in [6.45, 7) is 0.408. The summed E-state index contributed by atoms with van der Waals surface area (Å²) in [6.07, 6.45) is 3.57. The molecule has 1 N–H and O–H groups in total. The number of aromatic nitrogens is 2. The van der Waals surface area contributed by atoms with Gasteiger partial charge in [0.15, 0.2) is 9.84 Å². The summed E-state index contributed by atoms with van der Waals surface area (Å²) in [6, 6.07) is 28.3. The molecule has 0 bridgehead atoms. The third-order valence-corrected chi connectivity index (χ3v) is 8.12. The van der Waals surface area contributed by atoms with Crippen LogP contribution < -0.4 is 10.1 Å². The molecule has 1 saturated heterocycles. The molecule has 0 saturated carbocycles. The average Bonchev–Trinajstić information content (AvgIpc) is 3.54. The lowest BCUT2D eigenvalue weighted by Crippen LogP contribution is -2.36. The van der Waals surface area contributed by atoms with Crippen molar-refractivity contribution in [3.63, 3.8) is 0 Å². The molecule has 1 fully saturated rings. The lowest BCUT2D eigenvalue weighted by Gasteiger charge is -2.10. The number of hydrogen-bond acceptors (Lipinski definition) is 6. The second-order valence-corrected chi connectivity index (χ2v) is 11.5. The Balaban J connectivity index is 1.47. The van der Waals surface area contributed by atoms with Crippen molar-refractivity contribution in [3.8, 4) is 28.8 Å². The SMILES string of the molecule is N#C/C(=C/c1cn(-c2ccccc2)nc1-c1cccc(OCc2ccccc2)c1)C(=O)N[C@H]1CCS(=O)(=O)C1. The van der Waals surface area contributed by atoms with Gasteiger partial charge in [0.05, 0.1) is 17.2 Å². The first-order valence-electron chi connectivity index (χ1n) is 12.5. The van der Waals surface area contributed by atoms with Gasteiger partial charge in [-0.05, 0) is 42.3 Å². The summed E-state index contributed by atoms with van der Waals surface area (Å²) in [4.78, 5) is 12.9. The molecule has 0 radical (unpaired) electrons. The van der Waals surface area contributed by atoms with E-state index in [1.807, 2.05) is 91.0 Å². The number of sulfone groups is 1. The Morgan fingerprint density at radius 3 is 2.51 bits per heavy atom. The number of nitrogens with zero attached hydrogens (tertiary/aromatic N) is 3. The van der Waals surface area contributed by atoms with Crippen LogP contribution >= 0.6 is 0 Å². The maximum Gasteiger partial charge on any atom is 0.262 e. The molecule has 8 nitrogen and oxygen atoms in total. The van der Waals surface area contributed by atoms with Crippen molar-refractivity contribution >= 4 is 21.8 Å². The predicted octanol–water partition coefficient (Wildman–Crippen LogP) is 4.33. The molecule has 1 aliphatic heterocycles. The van der Waals surface area contributed by atoms with Gasteiger partial charge in [0, 0.05) is 23.4 Å². The lowest BCUT2D eigenvalue weighted by atomic mass is 10.1. The van der Waals surface area contributed by atoms with Crippen LogP contribution in [0, 0.1) is 11.3 Å². The van der Waals surface area contributed by atoms with E-state index in [2.05, 4.69) is 5.32 Å². The highest BCUT2D eigenvalue weighted by atomic mass is 32.2. The van der Waals surface area contributed by atoms with Crippen molar-refractivity contribution in [2.24, 2.45) is 0 Å². The van der Waals surface area contributed by atoms with E-state index in [1.165, 1.54) is 6.08 Å². The Morgan fingerprint density at radius 2 is 1.82 bits per heavy atom. The Morgan fingerprint density at radius 1 is 1.08 bits per heavy atom. The van der Waals surface area contributed by atoms with E-state index in [0.29, 0.717) is 30.0 Å². The molecule has 1 atom stereocenters. The zero-order valence-electron chi connectivity index (χ0n) is 21.0. The van der Waals surface area contributed by atoms with Gasteiger partial charge in [0.2, 0.25) is 0 Å². The van der Waals surface area contributed by atoms with Gasteiger partial charge in [-0.2, -0.15) is 10.4 Å². The first-order valence-corrected chi connectivity index (χ1v) is 14.3. The Hall–Kier alpha value is -4.68. The van der Waals surface area contributed by atoms with Crippen LogP contribution in [0.2, 0.25) is 0 Å². The molecule has 2 heterocycles. The third kappa shape index (κ3) is 6.43. The van der Waals surface area contributed by atoms with Crippen LogP contribution in [0.4, 0.5) is 0 Å². The first kappa shape index (κ1) is 25.9. The molecule has 1 aliphatic rings. The van der Waals surface area contributed by atoms with Gasteiger partial charge in [-0.15, -0.1) is 0 Å². The largest absolute Gasteiger partial charge is 0.489 e. The van der Waals surface area contributed by atoms with Gasteiger partial charge < -0.3 is 10.1 Å². The molecule has 0 unspecified atom stereocenters. The summed E-state index contributed by atoms with van der Waals surface area (Å²) in [5, 5.41) is 17.3. The highest BCUT2D eigenvalue weighted by Gasteiger charge is 2.29. The quantitative estimate of drug-likeness (QED) is 0.264. The van der Waals surface area contributed by atoms with Crippen LogP contribution in [-0.4, -0.2) is 41.7 Å². The molecule has 9 heteroatoms. The number of amides is 1. The third-order valence-electron chi connectivity index (χ3n) is 6.35. The van der Waals surface area contributed by atoms with E-state index >= 15 is 0 Å². The van der Waals surface area contributed by atoms with E-state index in [9.17, 15) is 18.5 Å². The number of benzene rings is 3. The van der Waals surface area contributed by atoms with Crippen LogP contribution in [0.15, 0.2) is 96.7 Å². The molecule has 0 spiro atoms. The standard InChI is InChI=1S/C30H26N4O4S/c31-18-24(30(35)32-26-14-15-39(36,37)21-26)16-25-19-34(27-11-5-2-6-12-27)33-29(25)23-10-7-13-28(17-23)38-20-22-8-3-1-4-9-22/h1-13,16-17,19,26H,14-15,20-21H2,(H,32,35)/b24-16-/t26-/m0/s1. The summed E-state index contributed by atoms with van der Waals surface area (Å²) in [7, 11) is -3.17. The minimum Gasteiger partial charge on any atom is -0.489 e. The van der Waals surface area contributed by atoms with E-state index < -0.39 is 21.8 Å². The first-order chi connectivity index (χ1) is 18.9. The Labute approximate surface area is 227 Å². The summed E-state index contributed by atoms with van der Waals surface area (Å²) in [5.74, 6) is -0.0517. The van der Waals surface area contributed by atoms with Gasteiger partial charge in [0.25, 0.3) is 5.91 Å². The van der Waals surface area contributed by atoms with Gasteiger partial charge >= 0.3 is 0 Å². The van der Waals surface area contributed by atoms with Crippen LogP contribution in [0.3, 0.4) is 0 Å². The van der Waals surface area contributed by atoms with E-state index in [-0.39, 0.29) is 17.1 Å². The second-order valence-electron chi connectivity index (χ2n) is 9.26. The van der Waals surface area contributed by atoms with Crippen molar-refractivity contribution in [3.05, 3.63) is 108 Å². The van der Waals surface area contributed by atoms with Crippen LogP contribution in [0.5, 0.6) is 5.75 Å². The summed E-state index contributed by atoms with van der Waals surface area (Å²) in [5.41, 5.74) is 3.59. The van der Waals surface area contributed by atoms with Crippen molar-refractivity contribution in [1.29, 1.82) is 5.26 Å². The van der Waals surface area contributed by atoms with Gasteiger partial charge in [0.1, 0.15) is 29.7 Å². The predicted molar refractivity (Wildman–Crippen MR) is 149 cm³/mol. The fraction of sp³-hybridized carbons (Fsp3) is 0.167. The monoisotopic (exact) mass is 538 g/mol. The fourth-order valence-corrected chi connectivity index (χ4v) is 6.05. The summed E-state index contributed by atoms with van der Waals surface area (Å²) >= 11 is 0. The van der Waals surface area contributed by atoms with Crippen LogP contribution in [0.25, 0.3) is 23.0 Å². The zero-order valence-corrected chi connectivity index (χ0v) is 21.8. The fourth-order valence-electron chi connectivity index (χ4n) is 4.38. The highest BCUT2D eigenvalue weighted by molar-refractivity contribution is 7.91. The lowest BCUT2D eigenvalue weighted by molar-refractivity contribution is -0.117. The molecule has 0 aliphatic carbocycles. The number of carbonyl (C=O) groups is 1. The van der Waals surface area contributed by atoms with E-state index in [0.717, 1.165) is 16.8 Å². The number of ether oxygens (including phenoxy) is 1.